The number of carbonyl (C=O) groups is 2. The van der Waals surface area contributed by atoms with Crippen LogP contribution in [0.5, 0.6) is 0 Å². The number of hydrazine groups is 1. The maximum absolute atomic E-state index is 13.6. The topological polar surface area (TPSA) is 162 Å². The Labute approximate surface area is 183 Å². The highest BCUT2D eigenvalue weighted by Crippen LogP contribution is 2.34. The predicted octanol–water partition coefficient (Wildman–Crippen LogP) is -1.88. The van der Waals surface area contributed by atoms with E-state index < -0.39 is 28.2 Å². The molecule has 0 bridgehead atoms. The van der Waals surface area contributed by atoms with Crippen LogP contribution in [0.25, 0.3) is 0 Å². The minimum atomic E-state index is -3.31. The smallest absolute Gasteiger partial charge is 0.247 e. The molecule has 1 aliphatic carbocycles. The first kappa shape index (κ1) is 23.8. The zero-order valence-corrected chi connectivity index (χ0v) is 18.9. The number of hydrogen-bond donors (Lipinski definition) is 4. The Kier molecular flexibility index (Phi) is 7.14. The van der Waals surface area contributed by atoms with Gasteiger partial charge in [0, 0.05) is 50.9 Å². The van der Waals surface area contributed by atoms with Crippen LogP contribution in [0.3, 0.4) is 0 Å². The number of amides is 2. The van der Waals surface area contributed by atoms with E-state index in [4.69, 9.17) is 11.6 Å². The number of sulfonamides is 1. The predicted molar refractivity (Wildman–Crippen MR) is 114 cm³/mol. The summed E-state index contributed by atoms with van der Waals surface area (Å²) in [4.78, 5) is 27.3. The third-order valence-corrected chi connectivity index (χ3v) is 7.75. The molecule has 0 aromatic rings. The van der Waals surface area contributed by atoms with Crippen LogP contribution in [-0.2, 0) is 19.6 Å². The van der Waals surface area contributed by atoms with E-state index in [1.165, 1.54) is 27.5 Å². The fourth-order valence-electron chi connectivity index (χ4n) is 4.51. The van der Waals surface area contributed by atoms with Crippen LogP contribution >= 0.6 is 0 Å². The van der Waals surface area contributed by atoms with Crippen molar-refractivity contribution >= 4 is 21.8 Å². The van der Waals surface area contributed by atoms with Gasteiger partial charge in [0.15, 0.2) is 0 Å². The minimum Gasteiger partial charge on any atom is -0.401 e. The number of carbonyl (C=O) groups excluding carboxylic acids is 2. The molecule has 2 heterocycles. The van der Waals surface area contributed by atoms with Crippen LogP contribution < -0.4 is 16.9 Å². The van der Waals surface area contributed by atoms with Crippen LogP contribution in [0.15, 0.2) is 11.9 Å². The average molecular weight is 459 g/mol. The van der Waals surface area contributed by atoms with Crippen molar-refractivity contribution in [1.82, 2.24) is 19.5 Å². The van der Waals surface area contributed by atoms with Crippen molar-refractivity contribution in [3.63, 3.8) is 0 Å². The second-order valence-corrected chi connectivity index (χ2v) is 10.8. The summed E-state index contributed by atoms with van der Waals surface area (Å²) in [6.07, 6.45) is 5.00. The molecule has 2 amide bonds. The summed E-state index contributed by atoms with van der Waals surface area (Å²) in [7, 11) is -1.82. The van der Waals surface area contributed by atoms with Gasteiger partial charge in [-0.25, -0.2) is 18.6 Å². The second-order valence-electron chi connectivity index (χ2n) is 8.81. The Morgan fingerprint density at radius 3 is 2.35 bits per heavy atom. The fraction of sp³-hybridized carbons (Fsp3) is 0.789. The maximum atomic E-state index is 13.6. The Morgan fingerprint density at radius 2 is 1.84 bits per heavy atom. The highest BCUT2D eigenvalue weighted by Gasteiger charge is 2.45. The van der Waals surface area contributed by atoms with Crippen molar-refractivity contribution in [3.8, 4) is 0 Å². The molecule has 0 unspecified atom stereocenters. The molecular formula is C19H34N6O5S. The number of nitrogens with zero attached hydrogens (tertiary/aromatic N) is 3. The number of aliphatic hydroxyl groups excluding tert-OH is 1. The molecule has 0 aromatic carbocycles. The number of β-amino-alcohol motifs (C(OH)–C–C–N with tert-alkyl or cyclic N) is 1. The number of aliphatic hydroxyl groups is 1. The first-order valence-corrected chi connectivity index (χ1v) is 12.5. The van der Waals surface area contributed by atoms with Crippen molar-refractivity contribution in [3.05, 3.63) is 11.9 Å². The van der Waals surface area contributed by atoms with Crippen molar-refractivity contribution in [1.29, 1.82) is 0 Å². The van der Waals surface area contributed by atoms with Gasteiger partial charge >= 0.3 is 0 Å². The van der Waals surface area contributed by atoms with E-state index in [9.17, 15) is 23.1 Å². The zero-order valence-electron chi connectivity index (χ0n) is 18.1. The molecule has 3 atom stereocenters. The molecule has 2 saturated heterocycles. The van der Waals surface area contributed by atoms with Crippen molar-refractivity contribution < 1.29 is 23.1 Å². The summed E-state index contributed by atoms with van der Waals surface area (Å²) in [6.45, 7) is 0.639. The van der Waals surface area contributed by atoms with Crippen LogP contribution in [-0.4, -0.2) is 90.7 Å². The summed E-state index contributed by atoms with van der Waals surface area (Å²) in [5.41, 5.74) is 6.73. The number of allylic oxidation sites excluding steroid dienone is 1. The highest BCUT2D eigenvalue weighted by molar-refractivity contribution is 7.88. The second kappa shape index (κ2) is 9.31. The van der Waals surface area contributed by atoms with E-state index in [2.05, 4.69) is 5.32 Å². The number of rotatable bonds is 7. The third-order valence-electron chi connectivity index (χ3n) is 6.45. The number of likely N-dealkylation sites (N-methyl/N-ethyl adjacent to an activating group) is 1. The van der Waals surface area contributed by atoms with E-state index in [0.717, 1.165) is 12.8 Å². The SMILES string of the molecule is CNC(=O)[C@@H]1C[C@@H](O)CN1C(=O)[C@H](C1CCN(S(C)(=O)=O)CC1)N(N)/C=C(\N)C1CC1. The highest BCUT2D eigenvalue weighted by atomic mass is 32.2. The summed E-state index contributed by atoms with van der Waals surface area (Å²) in [5, 5.41) is 14.0. The molecule has 3 fully saturated rings. The first-order valence-electron chi connectivity index (χ1n) is 10.7. The molecule has 12 heteroatoms. The lowest BCUT2D eigenvalue weighted by Crippen LogP contribution is -2.58. The van der Waals surface area contributed by atoms with E-state index in [1.54, 1.807) is 6.20 Å². The number of piperidine rings is 1. The van der Waals surface area contributed by atoms with Crippen molar-refractivity contribution in [2.45, 2.75) is 50.3 Å². The summed E-state index contributed by atoms with van der Waals surface area (Å²) >= 11 is 0. The van der Waals surface area contributed by atoms with Gasteiger partial charge in [-0.2, -0.15) is 0 Å². The van der Waals surface area contributed by atoms with E-state index in [1.807, 2.05) is 0 Å². The quantitative estimate of drug-likeness (QED) is 0.254. The summed E-state index contributed by atoms with van der Waals surface area (Å²) < 4.78 is 25.1. The van der Waals surface area contributed by atoms with Crippen LogP contribution in [0.1, 0.15) is 32.1 Å². The van der Waals surface area contributed by atoms with Crippen molar-refractivity contribution in [2.24, 2.45) is 23.4 Å². The molecule has 6 N–H and O–H groups in total. The number of nitrogens with one attached hydrogen (secondary N) is 1. The maximum Gasteiger partial charge on any atom is 0.247 e. The fourth-order valence-corrected chi connectivity index (χ4v) is 5.39. The lowest BCUT2D eigenvalue weighted by atomic mass is 9.88. The summed E-state index contributed by atoms with van der Waals surface area (Å²) in [6, 6.07) is -1.58. The Morgan fingerprint density at radius 1 is 1.23 bits per heavy atom. The molecule has 0 aromatic heterocycles. The molecule has 0 spiro atoms. The minimum absolute atomic E-state index is 0.0469. The van der Waals surface area contributed by atoms with Crippen LogP contribution in [0.4, 0.5) is 0 Å². The summed E-state index contributed by atoms with van der Waals surface area (Å²) in [5.74, 6) is 5.68. The van der Waals surface area contributed by atoms with Gasteiger partial charge < -0.3 is 26.1 Å². The van der Waals surface area contributed by atoms with E-state index in [0.29, 0.717) is 31.6 Å². The largest absolute Gasteiger partial charge is 0.401 e. The molecule has 3 aliphatic rings. The van der Waals surface area contributed by atoms with Gasteiger partial charge in [0.25, 0.3) is 0 Å². The van der Waals surface area contributed by atoms with Gasteiger partial charge in [-0.3, -0.25) is 9.59 Å². The van der Waals surface area contributed by atoms with E-state index in [-0.39, 0.29) is 36.6 Å². The zero-order chi connectivity index (χ0) is 22.9. The monoisotopic (exact) mass is 458 g/mol. The van der Waals surface area contributed by atoms with Gasteiger partial charge in [0.1, 0.15) is 12.1 Å². The Balaban J connectivity index is 1.84. The van der Waals surface area contributed by atoms with Gasteiger partial charge in [0.05, 0.1) is 12.4 Å². The Hall–Kier alpha value is -1.89. The van der Waals surface area contributed by atoms with Crippen molar-refractivity contribution in [2.75, 3.05) is 32.9 Å². The molecular weight excluding hydrogens is 424 g/mol. The molecule has 2 aliphatic heterocycles. The number of nitrogens with two attached hydrogens (primary N) is 2. The molecule has 3 rings (SSSR count). The van der Waals surface area contributed by atoms with Gasteiger partial charge in [0.2, 0.25) is 21.8 Å². The lowest BCUT2D eigenvalue weighted by molar-refractivity contribution is -0.144. The van der Waals surface area contributed by atoms with Gasteiger partial charge in [-0.1, -0.05) is 0 Å². The first-order chi connectivity index (χ1) is 14.5. The van der Waals surface area contributed by atoms with Gasteiger partial charge in [-0.15, -0.1) is 0 Å². The molecule has 11 nitrogen and oxygen atoms in total. The third kappa shape index (κ3) is 5.48. The number of likely N-dealkylation sites (tertiary alicyclic amines) is 1. The van der Waals surface area contributed by atoms with Crippen LogP contribution in [0.2, 0.25) is 0 Å². The Bertz CT molecular complexity index is 822. The van der Waals surface area contributed by atoms with Crippen LogP contribution in [0, 0.1) is 11.8 Å². The van der Waals surface area contributed by atoms with E-state index >= 15 is 0 Å². The lowest BCUT2D eigenvalue weighted by Gasteiger charge is -2.40. The molecule has 0 radical (unpaired) electrons. The standard InChI is InChI=1S/C19H34N6O5S/c1-22-18(27)16-9-14(26)10-24(16)19(28)17(25(21)11-15(20)12-3-4-12)13-5-7-23(8-6-13)31(2,29)30/h11-14,16-17,26H,3-10,20-21H2,1-2H3,(H,22,27)/b15-11-/t14-,16+,17+/m1/s1. The molecule has 31 heavy (non-hydrogen) atoms. The van der Waals surface area contributed by atoms with Gasteiger partial charge in [-0.05, 0) is 31.6 Å². The molecule has 1 saturated carbocycles. The number of hydrogen-bond acceptors (Lipinski definition) is 8. The normalized spacial score (nSPS) is 27.2. The molecule has 176 valence electrons. The average Bonchev–Trinajstić information content (AvgIpc) is 3.49.